The zero-order valence-electron chi connectivity index (χ0n) is 17.3. The van der Waals surface area contributed by atoms with E-state index in [0.717, 1.165) is 16.8 Å². The van der Waals surface area contributed by atoms with E-state index in [1.807, 2.05) is 12.1 Å². The Labute approximate surface area is 170 Å². The molecule has 0 aromatic heterocycles. The molecule has 0 atom stereocenters. The highest BCUT2D eigenvalue weighted by atomic mass is 16.2. The minimum atomic E-state index is -0.240. The van der Waals surface area contributed by atoms with Gasteiger partial charge in [-0.1, -0.05) is 18.2 Å². The highest BCUT2D eigenvalue weighted by molar-refractivity contribution is 6.21. The number of imide groups is 1. The van der Waals surface area contributed by atoms with E-state index in [9.17, 15) is 14.4 Å². The Balaban J connectivity index is 1.64. The Bertz CT molecular complexity index is 1060. The van der Waals surface area contributed by atoms with E-state index in [4.69, 9.17) is 0 Å². The maximum absolute atomic E-state index is 12.7. The zero-order chi connectivity index (χ0) is 20.9. The van der Waals surface area contributed by atoms with Crippen LogP contribution in [0.5, 0.6) is 0 Å². The molecular formula is C24H25N2O3+. The van der Waals surface area contributed by atoms with E-state index in [0.29, 0.717) is 24.1 Å². The molecule has 2 aromatic rings. The molecule has 29 heavy (non-hydrogen) atoms. The Morgan fingerprint density at radius 3 is 2.24 bits per heavy atom. The minimum Gasteiger partial charge on any atom is -0.300 e. The summed E-state index contributed by atoms with van der Waals surface area (Å²) in [5.41, 5.74) is 5.15. The van der Waals surface area contributed by atoms with Crippen LogP contribution in [0.3, 0.4) is 0 Å². The van der Waals surface area contributed by atoms with Gasteiger partial charge in [-0.05, 0) is 44.5 Å². The van der Waals surface area contributed by atoms with E-state index in [1.165, 1.54) is 10.6 Å². The van der Waals surface area contributed by atoms with E-state index in [-0.39, 0.29) is 29.6 Å². The van der Waals surface area contributed by atoms with Gasteiger partial charge in [0.15, 0.2) is 12.3 Å². The van der Waals surface area contributed by atoms with Crippen molar-refractivity contribution in [3.8, 4) is 0 Å². The number of rotatable bonds is 5. The lowest BCUT2D eigenvalue weighted by Crippen LogP contribution is -2.29. The predicted octanol–water partition coefficient (Wildman–Crippen LogP) is 3.86. The molecule has 0 fully saturated rings. The Morgan fingerprint density at radius 2 is 1.66 bits per heavy atom. The number of hydrogen-bond donors (Lipinski definition) is 0. The average molecular weight is 389 g/mol. The SMILES string of the molecule is CC(=O)CC[N+]1=C(C)C(C)(C)c2cc(CN3C(=O)c4ccccc4C3=O)ccc21. The van der Waals surface area contributed by atoms with Crippen molar-refractivity contribution in [3.05, 3.63) is 64.7 Å². The van der Waals surface area contributed by atoms with Gasteiger partial charge in [0, 0.05) is 18.6 Å². The first kappa shape index (κ1) is 19.2. The molecule has 0 radical (unpaired) electrons. The zero-order valence-corrected chi connectivity index (χ0v) is 17.3. The van der Waals surface area contributed by atoms with Crippen molar-refractivity contribution in [3.63, 3.8) is 0 Å². The van der Waals surface area contributed by atoms with Crippen LogP contribution in [0.2, 0.25) is 0 Å². The summed E-state index contributed by atoms with van der Waals surface area (Å²) in [6.45, 7) is 8.96. The number of carbonyl (C=O) groups excluding carboxylic acids is 3. The van der Waals surface area contributed by atoms with E-state index < -0.39 is 0 Å². The largest absolute Gasteiger partial charge is 0.300 e. The summed E-state index contributed by atoms with van der Waals surface area (Å²) >= 11 is 0. The molecule has 0 saturated heterocycles. The molecule has 0 bridgehead atoms. The summed E-state index contributed by atoms with van der Waals surface area (Å²) in [5, 5.41) is 0. The van der Waals surface area contributed by atoms with Crippen LogP contribution in [0, 0.1) is 0 Å². The van der Waals surface area contributed by atoms with Crippen molar-refractivity contribution < 1.29 is 19.0 Å². The molecule has 0 aliphatic carbocycles. The number of nitrogens with zero attached hydrogens (tertiary/aromatic N) is 2. The summed E-state index contributed by atoms with van der Waals surface area (Å²) in [5.74, 6) is -0.307. The third-order valence-corrected chi connectivity index (χ3v) is 6.24. The summed E-state index contributed by atoms with van der Waals surface area (Å²) in [6, 6.07) is 13.1. The van der Waals surface area contributed by atoms with Crippen molar-refractivity contribution in [1.29, 1.82) is 0 Å². The first-order valence-electron chi connectivity index (χ1n) is 9.91. The molecule has 0 unspecified atom stereocenters. The maximum atomic E-state index is 12.7. The van der Waals surface area contributed by atoms with Crippen LogP contribution >= 0.6 is 0 Å². The number of Topliss-reactive ketones (excluding diaryl/α,β-unsaturated/α-hetero) is 1. The molecule has 5 heteroatoms. The van der Waals surface area contributed by atoms with Crippen molar-refractivity contribution in [2.75, 3.05) is 6.54 Å². The summed E-state index contributed by atoms with van der Waals surface area (Å²) in [7, 11) is 0. The second-order valence-electron chi connectivity index (χ2n) is 8.41. The fourth-order valence-corrected chi connectivity index (χ4v) is 4.25. The first-order valence-corrected chi connectivity index (χ1v) is 9.91. The first-order chi connectivity index (χ1) is 13.7. The van der Waals surface area contributed by atoms with E-state index >= 15 is 0 Å². The van der Waals surface area contributed by atoms with Gasteiger partial charge in [-0.25, -0.2) is 0 Å². The van der Waals surface area contributed by atoms with Gasteiger partial charge in [0.2, 0.25) is 5.69 Å². The number of benzene rings is 2. The second-order valence-corrected chi connectivity index (χ2v) is 8.41. The lowest BCUT2D eigenvalue weighted by Gasteiger charge is -2.18. The molecule has 2 heterocycles. The van der Waals surface area contributed by atoms with Crippen LogP contribution in [0.15, 0.2) is 42.5 Å². The summed E-state index contributed by atoms with van der Waals surface area (Å²) in [6.07, 6.45) is 0.504. The van der Waals surface area contributed by atoms with Crippen molar-refractivity contribution in [2.24, 2.45) is 0 Å². The minimum absolute atomic E-state index is 0.173. The van der Waals surface area contributed by atoms with Gasteiger partial charge >= 0.3 is 0 Å². The van der Waals surface area contributed by atoms with Crippen molar-refractivity contribution >= 4 is 29.0 Å². The standard InChI is InChI=1S/C24H25N2O3/c1-15(27)11-12-25-16(2)24(3,4)20-13-17(9-10-21(20)25)14-26-22(28)18-7-5-6-8-19(18)23(26)29/h5-10,13H,11-12,14H2,1-4H3/q+1. The van der Waals surface area contributed by atoms with Crippen LogP contribution in [-0.4, -0.2) is 39.3 Å². The van der Waals surface area contributed by atoms with Gasteiger partial charge in [0.1, 0.15) is 5.78 Å². The lowest BCUT2D eigenvalue weighted by molar-refractivity contribution is -0.437. The third kappa shape index (κ3) is 3.01. The van der Waals surface area contributed by atoms with Crippen LogP contribution in [0.25, 0.3) is 0 Å². The summed E-state index contributed by atoms with van der Waals surface area (Å²) < 4.78 is 2.21. The highest BCUT2D eigenvalue weighted by Gasteiger charge is 2.43. The normalized spacial score (nSPS) is 17.0. The molecule has 5 nitrogen and oxygen atoms in total. The molecule has 0 N–H and O–H groups in total. The summed E-state index contributed by atoms with van der Waals surface area (Å²) in [4.78, 5) is 38.2. The van der Waals surface area contributed by atoms with E-state index in [1.54, 1.807) is 31.2 Å². The number of ketones is 1. The van der Waals surface area contributed by atoms with Crippen molar-refractivity contribution in [1.82, 2.24) is 4.90 Å². The molecule has 148 valence electrons. The third-order valence-electron chi connectivity index (χ3n) is 6.24. The quantitative estimate of drug-likeness (QED) is 0.576. The van der Waals surface area contributed by atoms with Crippen LogP contribution in [0.1, 0.15) is 66.0 Å². The van der Waals surface area contributed by atoms with Gasteiger partial charge in [0.05, 0.1) is 29.5 Å². The molecule has 2 amide bonds. The number of carbonyl (C=O) groups is 3. The van der Waals surface area contributed by atoms with E-state index in [2.05, 4.69) is 31.4 Å². The highest BCUT2D eigenvalue weighted by Crippen LogP contribution is 2.40. The number of hydrogen-bond acceptors (Lipinski definition) is 3. The fraction of sp³-hybridized carbons (Fsp3) is 0.333. The molecular weight excluding hydrogens is 364 g/mol. The molecule has 2 aliphatic rings. The predicted molar refractivity (Wildman–Crippen MR) is 111 cm³/mol. The van der Waals surface area contributed by atoms with Crippen LogP contribution in [0.4, 0.5) is 5.69 Å². The van der Waals surface area contributed by atoms with Gasteiger partial charge in [-0.2, -0.15) is 4.58 Å². The van der Waals surface area contributed by atoms with Gasteiger partial charge < -0.3 is 0 Å². The monoisotopic (exact) mass is 389 g/mol. The lowest BCUT2D eigenvalue weighted by atomic mass is 9.81. The molecule has 0 saturated carbocycles. The van der Waals surface area contributed by atoms with Gasteiger partial charge in [-0.3, -0.25) is 19.3 Å². The fourth-order valence-electron chi connectivity index (χ4n) is 4.25. The van der Waals surface area contributed by atoms with Gasteiger partial charge in [-0.15, -0.1) is 0 Å². The topological polar surface area (TPSA) is 57.5 Å². The van der Waals surface area contributed by atoms with Crippen LogP contribution < -0.4 is 0 Å². The maximum Gasteiger partial charge on any atom is 0.261 e. The molecule has 2 aromatic carbocycles. The molecule has 4 rings (SSSR count). The Hall–Kier alpha value is -3.08. The van der Waals surface area contributed by atoms with Gasteiger partial charge in [0.25, 0.3) is 11.8 Å². The second kappa shape index (κ2) is 6.76. The van der Waals surface area contributed by atoms with Crippen molar-refractivity contribution in [2.45, 2.75) is 46.1 Å². The average Bonchev–Trinajstić information content (AvgIpc) is 3.04. The smallest absolute Gasteiger partial charge is 0.261 e. The molecule has 2 aliphatic heterocycles. The van der Waals surface area contributed by atoms with Crippen LogP contribution in [-0.2, 0) is 16.8 Å². The number of amides is 2. The Morgan fingerprint density at radius 1 is 1.03 bits per heavy atom. The Kier molecular flexibility index (Phi) is 4.49. The molecule has 0 spiro atoms. The number of fused-ring (bicyclic) bond motifs is 2.